The van der Waals surface area contributed by atoms with Gasteiger partial charge in [0.2, 0.25) is 0 Å². The molecule has 0 radical (unpaired) electrons. The molecular weight excluding hydrogens is 266 g/mol. The van der Waals surface area contributed by atoms with Crippen LogP contribution >= 0.6 is 11.3 Å². The van der Waals surface area contributed by atoms with E-state index in [1.54, 1.807) is 7.11 Å². The Labute approximate surface area is 125 Å². The number of methoxy groups -OCH3 is 1. The van der Waals surface area contributed by atoms with Gasteiger partial charge in [-0.25, -0.2) is 0 Å². The van der Waals surface area contributed by atoms with E-state index in [4.69, 9.17) is 10.5 Å². The van der Waals surface area contributed by atoms with Gasteiger partial charge in [0.1, 0.15) is 5.75 Å². The molecule has 2 nitrogen and oxygen atoms in total. The number of nitrogens with two attached hydrogens (primary N) is 1. The second kappa shape index (κ2) is 5.98. The van der Waals surface area contributed by atoms with Crippen molar-refractivity contribution in [2.45, 2.75) is 38.6 Å². The Morgan fingerprint density at radius 3 is 2.25 bits per heavy atom. The van der Waals surface area contributed by atoms with E-state index >= 15 is 0 Å². The first-order valence-electron chi connectivity index (χ1n) is 6.89. The molecule has 0 spiro atoms. The normalized spacial score (nSPS) is 13.2. The van der Waals surface area contributed by atoms with E-state index in [-0.39, 0.29) is 11.5 Å². The highest BCUT2D eigenvalue weighted by Gasteiger charge is 2.18. The summed E-state index contributed by atoms with van der Waals surface area (Å²) in [5.41, 5.74) is 7.77. The summed E-state index contributed by atoms with van der Waals surface area (Å²) in [6.07, 6.45) is 0.855. The molecular formula is C17H23NOS. The molecule has 1 unspecified atom stereocenters. The Hall–Kier alpha value is -1.32. The van der Waals surface area contributed by atoms with Crippen LogP contribution in [0, 0.1) is 0 Å². The lowest BCUT2D eigenvalue weighted by Gasteiger charge is -2.16. The third-order valence-corrected chi connectivity index (χ3v) is 4.99. The van der Waals surface area contributed by atoms with Crippen LogP contribution in [-0.2, 0) is 11.8 Å². The third-order valence-electron chi connectivity index (χ3n) is 3.35. The summed E-state index contributed by atoms with van der Waals surface area (Å²) < 4.78 is 5.17. The van der Waals surface area contributed by atoms with Gasteiger partial charge in [-0.15, -0.1) is 11.3 Å². The van der Waals surface area contributed by atoms with Crippen molar-refractivity contribution in [3.8, 4) is 5.75 Å². The molecule has 2 aromatic rings. The molecule has 3 heteroatoms. The highest BCUT2D eigenvalue weighted by molar-refractivity contribution is 7.12. The van der Waals surface area contributed by atoms with Gasteiger partial charge in [0, 0.05) is 15.8 Å². The average Bonchev–Trinajstić information content (AvgIpc) is 2.89. The molecule has 0 bridgehead atoms. The van der Waals surface area contributed by atoms with E-state index in [2.05, 4.69) is 45.0 Å². The van der Waals surface area contributed by atoms with Crippen LogP contribution in [0.5, 0.6) is 5.75 Å². The van der Waals surface area contributed by atoms with E-state index in [1.165, 1.54) is 15.3 Å². The first-order valence-corrected chi connectivity index (χ1v) is 7.70. The number of benzene rings is 1. The SMILES string of the molecule is COc1ccc(CC(N)c2ccc(C(C)(C)C)s2)cc1. The highest BCUT2D eigenvalue weighted by atomic mass is 32.1. The number of thiophene rings is 1. The maximum absolute atomic E-state index is 6.33. The van der Waals surface area contributed by atoms with Gasteiger partial charge in [-0.1, -0.05) is 32.9 Å². The fourth-order valence-electron chi connectivity index (χ4n) is 2.07. The van der Waals surface area contributed by atoms with E-state index in [0.29, 0.717) is 0 Å². The zero-order valence-corrected chi connectivity index (χ0v) is 13.5. The zero-order chi connectivity index (χ0) is 14.8. The minimum Gasteiger partial charge on any atom is -0.497 e. The van der Waals surface area contributed by atoms with Crippen molar-refractivity contribution in [3.05, 3.63) is 51.7 Å². The predicted octanol–water partition coefficient (Wildman–Crippen LogP) is 4.30. The van der Waals surface area contributed by atoms with Gasteiger partial charge < -0.3 is 10.5 Å². The number of hydrogen-bond donors (Lipinski definition) is 1. The van der Waals surface area contributed by atoms with Gasteiger partial charge in [-0.2, -0.15) is 0 Å². The number of rotatable bonds is 4. The maximum Gasteiger partial charge on any atom is 0.118 e. The van der Waals surface area contributed by atoms with E-state index < -0.39 is 0 Å². The largest absolute Gasteiger partial charge is 0.497 e. The molecule has 0 saturated heterocycles. The van der Waals surface area contributed by atoms with E-state index in [9.17, 15) is 0 Å². The summed E-state index contributed by atoms with van der Waals surface area (Å²) in [5, 5.41) is 0. The summed E-state index contributed by atoms with van der Waals surface area (Å²) in [6.45, 7) is 6.70. The monoisotopic (exact) mass is 289 g/mol. The lowest BCUT2D eigenvalue weighted by molar-refractivity contribution is 0.414. The van der Waals surface area contributed by atoms with Gasteiger partial charge in [-0.3, -0.25) is 0 Å². The summed E-state index contributed by atoms with van der Waals surface area (Å²) in [5.74, 6) is 0.883. The second-order valence-electron chi connectivity index (χ2n) is 6.11. The molecule has 0 saturated carbocycles. The van der Waals surface area contributed by atoms with Gasteiger partial charge in [-0.05, 0) is 41.7 Å². The van der Waals surface area contributed by atoms with Crippen molar-refractivity contribution < 1.29 is 4.74 Å². The van der Waals surface area contributed by atoms with Crippen LogP contribution in [0.3, 0.4) is 0 Å². The Balaban J connectivity index is 2.07. The molecule has 108 valence electrons. The fourth-order valence-corrected chi connectivity index (χ4v) is 3.14. The molecule has 2 N–H and O–H groups in total. The standard InChI is InChI=1S/C17H23NOS/c1-17(2,3)16-10-9-15(20-16)14(18)11-12-5-7-13(19-4)8-6-12/h5-10,14H,11,18H2,1-4H3. The lowest BCUT2D eigenvalue weighted by atomic mass is 9.95. The molecule has 1 aromatic carbocycles. The molecule has 2 rings (SSSR count). The van der Waals surface area contributed by atoms with E-state index in [1.807, 2.05) is 23.5 Å². The first-order chi connectivity index (χ1) is 9.40. The predicted molar refractivity (Wildman–Crippen MR) is 86.6 cm³/mol. The summed E-state index contributed by atoms with van der Waals surface area (Å²) in [7, 11) is 1.68. The quantitative estimate of drug-likeness (QED) is 0.911. The zero-order valence-electron chi connectivity index (χ0n) is 12.6. The summed E-state index contributed by atoms with van der Waals surface area (Å²) in [6, 6.07) is 12.6. The van der Waals surface area contributed by atoms with Gasteiger partial charge in [0.25, 0.3) is 0 Å². The topological polar surface area (TPSA) is 35.2 Å². The van der Waals surface area contributed by atoms with Gasteiger partial charge in [0.05, 0.1) is 7.11 Å². The van der Waals surface area contributed by atoms with Crippen molar-refractivity contribution in [3.63, 3.8) is 0 Å². The first kappa shape index (κ1) is 15.1. The Kier molecular flexibility index (Phi) is 4.51. The molecule has 0 aliphatic carbocycles. The Morgan fingerprint density at radius 1 is 1.10 bits per heavy atom. The minimum atomic E-state index is 0.0597. The second-order valence-corrected chi connectivity index (χ2v) is 7.23. The third kappa shape index (κ3) is 3.62. The number of hydrogen-bond acceptors (Lipinski definition) is 3. The van der Waals surface area contributed by atoms with Crippen molar-refractivity contribution >= 4 is 11.3 Å². The highest BCUT2D eigenvalue weighted by Crippen LogP contribution is 2.32. The van der Waals surface area contributed by atoms with Crippen LogP contribution in [0.15, 0.2) is 36.4 Å². The van der Waals surface area contributed by atoms with Crippen molar-refractivity contribution in [1.29, 1.82) is 0 Å². The van der Waals surface area contributed by atoms with Crippen molar-refractivity contribution in [1.82, 2.24) is 0 Å². The van der Waals surface area contributed by atoms with Crippen LogP contribution in [0.2, 0.25) is 0 Å². The van der Waals surface area contributed by atoms with Gasteiger partial charge >= 0.3 is 0 Å². The van der Waals surface area contributed by atoms with Crippen LogP contribution in [0.25, 0.3) is 0 Å². The maximum atomic E-state index is 6.33. The Bertz CT molecular complexity index is 551. The molecule has 0 aliphatic rings. The van der Waals surface area contributed by atoms with Crippen molar-refractivity contribution in [2.24, 2.45) is 5.73 Å². The van der Waals surface area contributed by atoms with Crippen LogP contribution in [-0.4, -0.2) is 7.11 Å². The molecule has 0 aliphatic heterocycles. The minimum absolute atomic E-state index is 0.0597. The van der Waals surface area contributed by atoms with E-state index in [0.717, 1.165) is 12.2 Å². The Morgan fingerprint density at radius 2 is 1.75 bits per heavy atom. The smallest absolute Gasteiger partial charge is 0.118 e. The molecule has 20 heavy (non-hydrogen) atoms. The molecule has 1 aromatic heterocycles. The molecule has 1 atom stereocenters. The molecule has 0 amide bonds. The van der Waals surface area contributed by atoms with Crippen molar-refractivity contribution in [2.75, 3.05) is 7.11 Å². The molecule has 1 heterocycles. The van der Waals surface area contributed by atoms with Crippen LogP contribution in [0.1, 0.15) is 42.1 Å². The lowest BCUT2D eigenvalue weighted by Crippen LogP contribution is -2.12. The van der Waals surface area contributed by atoms with Crippen LogP contribution < -0.4 is 10.5 Å². The average molecular weight is 289 g/mol. The van der Waals surface area contributed by atoms with Gasteiger partial charge in [0.15, 0.2) is 0 Å². The molecule has 0 fully saturated rings. The summed E-state index contributed by atoms with van der Waals surface area (Å²) in [4.78, 5) is 2.64. The summed E-state index contributed by atoms with van der Waals surface area (Å²) >= 11 is 1.83. The number of ether oxygens (including phenoxy) is 1. The van der Waals surface area contributed by atoms with Crippen LogP contribution in [0.4, 0.5) is 0 Å². The fraction of sp³-hybridized carbons (Fsp3) is 0.412.